The Morgan fingerprint density at radius 2 is 2.07 bits per heavy atom. The van der Waals surface area contributed by atoms with Crippen molar-refractivity contribution in [3.63, 3.8) is 0 Å². The fraction of sp³-hybridized carbons (Fsp3) is 0.450. The molecule has 1 aliphatic heterocycles. The second-order valence-electron chi connectivity index (χ2n) is 7.54. The van der Waals surface area contributed by atoms with E-state index in [9.17, 15) is 4.79 Å². The molecule has 1 N–H and O–H groups in total. The maximum absolute atomic E-state index is 12.3. The minimum Gasteiger partial charge on any atom is -0.339 e. The maximum atomic E-state index is 12.3. The lowest BCUT2D eigenvalue weighted by atomic mass is 9.97. The first-order chi connectivity index (χ1) is 14.1. The van der Waals surface area contributed by atoms with E-state index in [4.69, 9.17) is 9.05 Å². The Bertz CT molecular complexity index is 944. The molecule has 0 spiro atoms. The summed E-state index contributed by atoms with van der Waals surface area (Å²) in [7, 11) is 0. The van der Waals surface area contributed by atoms with Crippen LogP contribution in [0.3, 0.4) is 0 Å². The lowest BCUT2D eigenvalue weighted by Gasteiger charge is -2.29. The molecule has 0 saturated carbocycles. The van der Waals surface area contributed by atoms with E-state index in [0.717, 1.165) is 31.6 Å². The Morgan fingerprint density at radius 1 is 1.24 bits per heavy atom. The van der Waals surface area contributed by atoms with Crippen molar-refractivity contribution >= 4 is 11.8 Å². The molecule has 29 heavy (non-hydrogen) atoms. The third-order valence-corrected chi connectivity index (χ3v) is 5.02. The molecule has 3 aromatic rings. The minimum atomic E-state index is -0.106. The van der Waals surface area contributed by atoms with Gasteiger partial charge in [0.25, 0.3) is 0 Å². The van der Waals surface area contributed by atoms with Crippen LogP contribution < -0.4 is 5.32 Å². The van der Waals surface area contributed by atoms with Crippen LogP contribution in [0.15, 0.2) is 39.5 Å². The number of anilines is 1. The smallest absolute Gasteiger partial charge is 0.240 e. The number of nitrogens with zero attached hydrogens (tertiary/aromatic N) is 5. The Hall–Kier alpha value is -3.07. The molecule has 4 heterocycles. The van der Waals surface area contributed by atoms with Crippen LogP contribution in [-0.4, -0.2) is 50.7 Å². The number of hydrogen-bond donors (Lipinski definition) is 1. The van der Waals surface area contributed by atoms with E-state index in [-0.39, 0.29) is 17.7 Å². The van der Waals surface area contributed by atoms with Crippen molar-refractivity contribution in [2.75, 3.05) is 25.0 Å². The van der Waals surface area contributed by atoms with Crippen molar-refractivity contribution in [1.29, 1.82) is 0 Å². The average molecular weight is 396 g/mol. The van der Waals surface area contributed by atoms with Crippen LogP contribution in [0.25, 0.3) is 11.5 Å². The Balaban J connectivity index is 1.27. The predicted octanol–water partition coefficient (Wildman–Crippen LogP) is 3.06. The van der Waals surface area contributed by atoms with Gasteiger partial charge in [0.1, 0.15) is 5.69 Å². The summed E-state index contributed by atoms with van der Waals surface area (Å²) >= 11 is 0. The van der Waals surface area contributed by atoms with Crippen LogP contribution in [-0.2, 0) is 4.79 Å². The van der Waals surface area contributed by atoms with Crippen LogP contribution in [0.4, 0.5) is 5.88 Å². The zero-order chi connectivity index (χ0) is 20.2. The second kappa shape index (κ2) is 8.52. The molecule has 4 rings (SSSR count). The molecule has 152 valence electrons. The molecule has 0 radical (unpaired) electrons. The molecule has 3 aromatic heterocycles. The molecule has 1 saturated heterocycles. The highest BCUT2D eigenvalue weighted by atomic mass is 16.5. The summed E-state index contributed by atoms with van der Waals surface area (Å²) in [5, 5.41) is 10.8. The topological polar surface area (TPSA) is 110 Å². The average Bonchev–Trinajstić information content (AvgIpc) is 3.39. The van der Waals surface area contributed by atoms with Gasteiger partial charge in [-0.05, 0) is 44.0 Å². The molecule has 9 nitrogen and oxygen atoms in total. The van der Waals surface area contributed by atoms with E-state index in [2.05, 4.69) is 30.5 Å². The first-order valence-corrected chi connectivity index (χ1v) is 9.82. The molecule has 1 fully saturated rings. The number of hydrogen-bond acceptors (Lipinski definition) is 8. The van der Waals surface area contributed by atoms with Crippen molar-refractivity contribution in [3.05, 3.63) is 42.0 Å². The van der Waals surface area contributed by atoms with Crippen LogP contribution in [0, 0.1) is 0 Å². The van der Waals surface area contributed by atoms with Crippen LogP contribution >= 0.6 is 0 Å². The number of likely N-dealkylation sites (tertiary alicyclic amines) is 1. The highest BCUT2D eigenvalue weighted by molar-refractivity contribution is 5.91. The van der Waals surface area contributed by atoms with E-state index in [0.29, 0.717) is 29.8 Å². The third kappa shape index (κ3) is 4.68. The molecule has 0 atom stereocenters. The van der Waals surface area contributed by atoms with Crippen LogP contribution in [0.2, 0.25) is 0 Å². The van der Waals surface area contributed by atoms with Gasteiger partial charge in [0, 0.05) is 18.2 Å². The summed E-state index contributed by atoms with van der Waals surface area (Å²) in [5.41, 5.74) is 1.52. The molecule has 0 bridgehead atoms. The van der Waals surface area contributed by atoms with Gasteiger partial charge >= 0.3 is 0 Å². The van der Waals surface area contributed by atoms with E-state index in [1.165, 1.54) is 0 Å². The highest BCUT2D eigenvalue weighted by Crippen LogP contribution is 2.28. The summed E-state index contributed by atoms with van der Waals surface area (Å²) in [4.78, 5) is 23.1. The van der Waals surface area contributed by atoms with Gasteiger partial charge in [-0.25, -0.2) is 0 Å². The number of piperidine rings is 1. The second-order valence-corrected chi connectivity index (χ2v) is 7.54. The SMILES string of the molecule is CC(C)c1cc(NC(=O)CN2CCC(c3nc(-c4ccccn4)no3)CC2)on1. The molecule has 0 aliphatic carbocycles. The van der Waals surface area contributed by atoms with Gasteiger partial charge in [-0.15, -0.1) is 0 Å². The van der Waals surface area contributed by atoms with Gasteiger partial charge in [0.2, 0.25) is 23.5 Å². The molecular formula is C20H24N6O3. The quantitative estimate of drug-likeness (QED) is 0.677. The van der Waals surface area contributed by atoms with E-state index >= 15 is 0 Å². The van der Waals surface area contributed by atoms with Crippen molar-refractivity contribution in [2.45, 2.75) is 38.5 Å². The fourth-order valence-electron chi connectivity index (χ4n) is 3.34. The Labute approximate surface area is 168 Å². The van der Waals surface area contributed by atoms with Crippen LogP contribution in [0.1, 0.15) is 50.1 Å². The van der Waals surface area contributed by atoms with Gasteiger partial charge in [-0.3, -0.25) is 20.0 Å². The van der Waals surface area contributed by atoms with E-state index in [1.54, 1.807) is 12.3 Å². The summed E-state index contributed by atoms with van der Waals surface area (Å²) in [6.45, 7) is 5.93. The molecule has 9 heteroatoms. The fourth-order valence-corrected chi connectivity index (χ4v) is 3.34. The largest absolute Gasteiger partial charge is 0.339 e. The summed E-state index contributed by atoms with van der Waals surface area (Å²) in [6, 6.07) is 7.37. The number of carbonyl (C=O) groups excluding carboxylic acids is 1. The van der Waals surface area contributed by atoms with Gasteiger partial charge in [-0.1, -0.05) is 30.2 Å². The molecule has 0 unspecified atom stereocenters. The Morgan fingerprint density at radius 3 is 2.76 bits per heavy atom. The monoisotopic (exact) mass is 396 g/mol. The van der Waals surface area contributed by atoms with E-state index in [1.807, 2.05) is 32.0 Å². The summed E-state index contributed by atoms with van der Waals surface area (Å²) < 4.78 is 10.6. The van der Waals surface area contributed by atoms with Gasteiger partial charge in [0.15, 0.2) is 0 Å². The van der Waals surface area contributed by atoms with Crippen LogP contribution in [0.5, 0.6) is 0 Å². The predicted molar refractivity (Wildman–Crippen MR) is 105 cm³/mol. The number of carbonyl (C=O) groups is 1. The first kappa shape index (κ1) is 19.3. The van der Waals surface area contributed by atoms with Gasteiger partial charge in [-0.2, -0.15) is 4.98 Å². The maximum Gasteiger partial charge on any atom is 0.240 e. The molecule has 0 aromatic carbocycles. The van der Waals surface area contributed by atoms with Gasteiger partial charge < -0.3 is 9.05 Å². The van der Waals surface area contributed by atoms with E-state index < -0.39 is 0 Å². The molecule has 1 aliphatic rings. The van der Waals surface area contributed by atoms with Crippen molar-refractivity contribution in [2.24, 2.45) is 0 Å². The zero-order valence-corrected chi connectivity index (χ0v) is 16.5. The Kier molecular flexibility index (Phi) is 5.66. The number of amides is 1. The number of aromatic nitrogens is 4. The summed E-state index contributed by atoms with van der Waals surface area (Å²) in [6.07, 6.45) is 3.42. The molecular weight excluding hydrogens is 372 g/mol. The lowest BCUT2D eigenvalue weighted by Crippen LogP contribution is -2.38. The number of pyridine rings is 1. The first-order valence-electron chi connectivity index (χ1n) is 9.82. The van der Waals surface area contributed by atoms with Crippen molar-refractivity contribution < 1.29 is 13.8 Å². The lowest BCUT2D eigenvalue weighted by molar-refractivity contribution is -0.117. The normalized spacial score (nSPS) is 15.7. The third-order valence-electron chi connectivity index (χ3n) is 5.02. The molecule has 1 amide bonds. The highest BCUT2D eigenvalue weighted by Gasteiger charge is 2.26. The van der Waals surface area contributed by atoms with Crippen molar-refractivity contribution in [1.82, 2.24) is 25.2 Å². The number of nitrogens with one attached hydrogen (secondary N) is 1. The standard InChI is InChI=1S/C20H24N6O3/c1-13(2)16-11-18(28-24-16)22-17(27)12-26-9-6-14(7-10-26)20-23-19(25-29-20)15-5-3-4-8-21-15/h3-5,8,11,13-14H,6-7,9-10,12H2,1-2H3,(H,22,27). The minimum absolute atomic E-state index is 0.106. The zero-order valence-electron chi connectivity index (χ0n) is 16.5. The number of rotatable bonds is 6. The summed E-state index contributed by atoms with van der Waals surface area (Å²) in [5.74, 6) is 1.88. The van der Waals surface area contributed by atoms with Gasteiger partial charge in [0.05, 0.1) is 12.2 Å². The van der Waals surface area contributed by atoms with Crippen molar-refractivity contribution in [3.8, 4) is 11.5 Å².